The molecule has 1 amide bonds. The van der Waals surface area contributed by atoms with Crippen molar-refractivity contribution in [2.75, 3.05) is 17.6 Å². The number of nitrogens with zero attached hydrogens (tertiary/aromatic N) is 3. The number of nitrogens with one attached hydrogen (secondary N) is 3. The molecular weight excluding hydrogens is 258 g/mol. The molecule has 8 heteroatoms. The Morgan fingerprint density at radius 3 is 2.85 bits per heavy atom. The number of aromatic nitrogens is 4. The molecule has 0 saturated heterocycles. The molecule has 1 atom stereocenters. The smallest absolute Gasteiger partial charge is 0.242 e. The fraction of sp³-hybridized carbons (Fsp3) is 0.500. The normalized spacial score (nSPS) is 12.6. The first-order valence-corrected chi connectivity index (χ1v) is 6.48. The van der Waals surface area contributed by atoms with Crippen LogP contribution in [0.25, 0.3) is 11.2 Å². The van der Waals surface area contributed by atoms with Gasteiger partial charge in [0.05, 0.1) is 6.33 Å². The lowest BCUT2D eigenvalue weighted by molar-refractivity contribution is -0.121. The van der Waals surface area contributed by atoms with Gasteiger partial charge in [0.15, 0.2) is 11.5 Å². The second-order valence-corrected chi connectivity index (χ2v) is 5.04. The third-order valence-corrected chi connectivity index (χ3v) is 2.73. The summed E-state index contributed by atoms with van der Waals surface area (Å²) < 4.78 is 0. The van der Waals surface area contributed by atoms with Crippen LogP contribution in [0, 0.1) is 5.92 Å². The minimum absolute atomic E-state index is 0.0939. The number of anilines is 2. The molecule has 0 radical (unpaired) electrons. The van der Waals surface area contributed by atoms with Crippen molar-refractivity contribution in [2.24, 2.45) is 5.92 Å². The van der Waals surface area contributed by atoms with Gasteiger partial charge in [-0.1, -0.05) is 13.8 Å². The van der Waals surface area contributed by atoms with Crippen LogP contribution in [0.4, 0.5) is 11.8 Å². The zero-order valence-corrected chi connectivity index (χ0v) is 11.8. The van der Waals surface area contributed by atoms with Gasteiger partial charge in [-0.05, 0) is 12.8 Å². The van der Waals surface area contributed by atoms with E-state index in [1.807, 2.05) is 13.8 Å². The Bertz CT molecular complexity index is 607. The lowest BCUT2D eigenvalue weighted by Gasteiger charge is -2.16. The highest BCUT2D eigenvalue weighted by atomic mass is 16.2. The molecule has 0 aromatic carbocycles. The van der Waals surface area contributed by atoms with E-state index in [0.29, 0.717) is 29.4 Å². The molecule has 0 aliphatic carbocycles. The SMILES string of the molecule is CC(C)CNC(=O)C(C)Nc1nc(N)nc2nc[nH]c12. The molecule has 1 unspecified atom stereocenters. The van der Waals surface area contributed by atoms with Gasteiger partial charge in [0.25, 0.3) is 0 Å². The summed E-state index contributed by atoms with van der Waals surface area (Å²) in [5.41, 5.74) is 6.71. The molecule has 0 bridgehead atoms. The van der Waals surface area contributed by atoms with Crippen molar-refractivity contribution in [3.63, 3.8) is 0 Å². The molecule has 2 aromatic rings. The fourth-order valence-corrected chi connectivity index (χ4v) is 1.68. The Kier molecular flexibility index (Phi) is 4.02. The molecule has 0 spiro atoms. The van der Waals surface area contributed by atoms with Gasteiger partial charge in [-0.3, -0.25) is 4.79 Å². The number of nitrogens with two attached hydrogens (primary N) is 1. The molecule has 2 rings (SSSR count). The van der Waals surface area contributed by atoms with E-state index in [2.05, 4.69) is 30.6 Å². The van der Waals surface area contributed by atoms with Crippen molar-refractivity contribution in [1.82, 2.24) is 25.3 Å². The molecule has 2 heterocycles. The first kappa shape index (κ1) is 14.0. The Morgan fingerprint density at radius 1 is 1.40 bits per heavy atom. The van der Waals surface area contributed by atoms with Crippen LogP contribution in [0.1, 0.15) is 20.8 Å². The summed E-state index contributed by atoms with van der Waals surface area (Å²) >= 11 is 0. The van der Waals surface area contributed by atoms with Crippen molar-refractivity contribution in [2.45, 2.75) is 26.8 Å². The van der Waals surface area contributed by atoms with Gasteiger partial charge in [-0.25, -0.2) is 4.98 Å². The molecule has 0 saturated carbocycles. The number of nitrogen functional groups attached to an aromatic ring is 1. The first-order chi connectivity index (χ1) is 9.47. The number of rotatable bonds is 5. The number of hydrogen-bond acceptors (Lipinski definition) is 6. The van der Waals surface area contributed by atoms with Gasteiger partial charge < -0.3 is 21.4 Å². The molecule has 0 fully saturated rings. The Labute approximate surface area is 116 Å². The van der Waals surface area contributed by atoms with Crippen molar-refractivity contribution >= 4 is 28.8 Å². The standard InChI is InChI=1S/C12H19N7O/c1-6(2)4-14-11(20)7(3)17-10-8-9(16-5-15-8)18-12(13)19-10/h5-7H,4H2,1-3H3,(H,14,20)(H4,13,15,16,17,18,19). The lowest BCUT2D eigenvalue weighted by atomic mass is 10.2. The van der Waals surface area contributed by atoms with Gasteiger partial charge in [-0.2, -0.15) is 9.97 Å². The molecule has 0 aliphatic heterocycles. The number of aromatic amines is 1. The maximum Gasteiger partial charge on any atom is 0.242 e. The van der Waals surface area contributed by atoms with Crippen LogP contribution in [-0.4, -0.2) is 38.4 Å². The summed E-state index contributed by atoms with van der Waals surface area (Å²) in [6.07, 6.45) is 1.51. The highest BCUT2D eigenvalue weighted by molar-refractivity contribution is 5.88. The van der Waals surface area contributed by atoms with Crippen molar-refractivity contribution in [3.8, 4) is 0 Å². The summed E-state index contributed by atoms with van der Waals surface area (Å²) in [7, 11) is 0. The van der Waals surface area contributed by atoms with Gasteiger partial charge >= 0.3 is 0 Å². The minimum Gasteiger partial charge on any atom is -0.368 e. The number of amides is 1. The number of carbonyl (C=O) groups is 1. The Hall–Kier alpha value is -2.38. The van der Waals surface area contributed by atoms with Crippen molar-refractivity contribution in [3.05, 3.63) is 6.33 Å². The summed E-state index contributed by atoms with van der Waals surface area (Å²) in [4.78, 5) is 27.0. The average Bonchev–Trinajstić information content (AvgIpc) is 2.83. The van der Waals surface area contributed by atoms with E-state index >= 15 is 0 Å². The third-order valence-electron chi connectivity index (χ3n) is 2.73. The van der Waals surface area contributed by atoms with E-state index in [9.17, 15) is 4.79 Å². The number of imidazole rings is 1. The van der Waals surface area contributed by atoms with Crippen molar-refractivity contribution in [1.29, 1.82) is 0 Å². The van der Waals surface area contributed by atoms with Gasteiger partial charge in [0, 0.05) is 6.54 Å². The van der Waals surface area contributed by atoms with Crippen molar-refractivity contribution < 1.29 is 4.79 Å². The van der Waals surface area contributed by atoms with Crippen LogP contribution >= 0.6 is 0 Å². The minimum atomic E-state index is -0.436. The van der Waals surface area contributed by atoms with Crippen LogP contribution in [0.3, 0.4) is 0 Å². The second kappa shape index (κ2) is 5.72. The predicted octanol–water partition coefficient (Wildman–Crippen LogP) is 0.508. The monoisotopic (exact) mass is 277 g/mol. The van der Waals surface area contributed by atoms with Crippen LogP contribution in [-0.2, 0) is 4.79 Å². The molecule has 108 valence electrons. The number of fused-ring (bicyclic) bond motifs is 1. The van der Waals surface area contributed by atoms with E-state index in [1.54, 1.807) is 6.92 Å². The molecule has 0 aliphatic rings. The lowest BCUT2D eigenvalue weighted by Crippen LogP contribution is -2.39. The largest absolute Gasteiger partial charge is 0.368 e. The van der Waals surface area contributed by atoms with Gasteiger partial charge in [0.2, 0.25) is 11.9 Å². The van der Waals surface area contributed by atoms with E-state index < -0.39 is 6.04 Å². The number of hydrogen-bond donors (Lipinski definition) is 4. The van der Waals surface area contributed by atoms with Crippen LogP contribution in [0.5, 0.6) is 0 Å². The molecule has 2 aromatic heterocycles. The van der Waals surface area contributed by atoms with Crippen LogP contribution < -0.4 is 16.4 Å². The fourth-order valence-electron chi connectivity index (χ4n) is 1.68. The van der Waals surface area contributed by atoms with Crippen LogP contribution in [0.15, 0.2) is 6.33 Å². The highest BCUT2D eigenvalue weighted by Crippen LogP contribution is 2.17. The van der Waals surface area contributed by atoms with Gasteiger partial charge in [-0.15, -0.1) is 0 Å². The van der Waals surface area contributed by atoms with Crippen LogP contribution in [0.2, 0.25) is 0 Å². The van der Waals surface area contributed by atoms with Gasteiger partial charge in [0.1, 0.15) is 11.6 Å². The first-order valence-electron chi connectivity index (χ1n) is 6.48. The Balaban J connectivity index is 2.11. The maximum atomic E-state index is 11.9. The summed E-state index contributed by atoms with van der Waals surface area (Å²) in [5.74, 6) is 0.891. The maximum absolute atomic E-state index is 11.9. The van der Waals surface area contributed by atoms with E-state index in [0.717, 1.165) is 0 Å². The summed E-state index contributed by atoms with van der Waals surface area (Å²) in [6.45, 7) is 6.47. The molecule has 5 N–H and O–H groups in total. The topological polar surface area (TPSA) is 122 Å². The highest BCUT2D eigenvalue weighted by Gasteiger charge is 2.16. The predicted molar refractivity (Wildman–Crippen MR) is 77.0 cm³/mol. The average molecular weight is 277 g/mol. The zero-order valence-electron chi connectivity index (χ0n) is 11.8. The Morgan fingerprint density at radius 2 is 2.15 bits per heavy atom. The van der Waals surface area contributed by atoms with E-state index in [-0.39, 0.29) is 11.9 Å². The second-order valence-electron chi connectivity index (χ2n) is 5.04. The summed E-state index contributed by atoms with van der Waals surface area (Å²) in [6, 6.07) is -0.436. The number of carbonyl (C=O) groups excluding carboxylic acids is 1. The molecule has 8 nitrogen and oxygen atoms in total. The molecule has 20 heavy (non-hydrogen) atoms. The zero-order chi connectivity index (χ0) is 14.7. The quantitative estimate of drug-likeness (QED) is 0.631. The third kappa shape index (κ3) is 3.14. The summed E-state index contributed by atoms with van der Waals surface area (Å²) in [5, 5.41) is 5.88. The van der Waals surface area contributed by atoms with E-state index in [1.165, 1.54) is 6.33 Å². The van der Waals surface area contributed by atoms with E-state index in [4.69, 9.17) is 5.73 Å². The molecular formula is C12H19N7O. The number of H-pyrrole nitrogens is 1.